The Morgan fingerprint density at radius 2 is 2.15 bits per heavy atom. The number of anilines is 2. The second-order valence-electron chi connectivity index (χ2n) is 9.83. The lowest BCUT2D eigenvalue weighted by Gasteiger charge is -2.40. The van der Waals surface area contributed by atoms with Crippen LogP contribution in [-0.2, 0) is 6.54 Å². The molecule has 1 unspecified atom stereocenters. The number of rotatable bonds is 5. The van der Waals surface area contributed by atoms with Crippen LogP contribution in [0.2, 0.25) is 0 Å². The SMILES string of the molecule is COc1cc2nc(=N)n3c(c2cc1F)NC([C@H]1CC[C@@H](C)N(c2cnn(CC4(O)CC4)c2)C1)N3. The van der Waals surface area contributed by atoms with Gasteiger partial charge >= 0.3 is 0 Å². The lowest BCUT2D eigenvalue weighted by atomic mass is 9.91. The first kappa shape index (κ1) is 21.2. The standard InChI is InChI=1S/C23H29FN8O2/c1-13-3-4-14(10-31(13)15-9-26-30(11-15)12-23(33)5-6-23)20-28-21-16-7-17(24)19(34-2)8-18(16)27-22(25)32(21)29-20/h7-9,11,13-14,20,25,28-29,33H,3-6,10,12H2,1-2H3/t13-,14+,20?/m1/s1. The molecule has 0 spiro atoms. The number of aromatic nitrogens is 4. The van der Waals surface area contributed by atoms with Crippen molar-refractivity contribution in [3.05, 3.63) is 36.0 Å². The summed E-state index contributed by atoms with van der Waals surface area (Å²) in [6.07, 6.45) is 7.45. The fourth-order valence-electron chi connectivity index (χ4n) is 5.14. The van der Waals surface area contributed by atoms with Crippen molar-refractivity contribution in [2.24, 2.45) is 5.92 Å². The topological polar surface area (TPSA) is 116 Å². The van der Waals surface area contributed by atoms with Gasteiger partial charge in [0, 0.05) is 36.2 Å². The molecule has 2 aliphatic heterocycles. The molecule has 6 rings (SSSR count). The first-order valence-corrected chi connectivity index (χ1v) is 11.7. The van der Waals surface area contributed by atoms with E-state index in [2.05, 4.69) is 32.6 Å². The number of fused-ring (bicyclic) bond motifs is 3. The molecule has 10 nitrogen and oxygen atoms in total. The Bertz CT molecular complexity index is 1320. The van der Waals surface area contributed by atoms with Crippen molar-refractivity contribution in [1.82, 2.24) is 19.4 Å². The second kappa shape index (κ2) is 7.59. The number of nitrogens with zero attached hydrogens (tertiary/aromatic N) is 5. The minimum Gasteiger partial charge on any atom is -0.494 e. The Hall–Kier alpha value is -3.34. The molecule has 4 N–H and O–H groups in total. The number of halogens is 1. The predicted octanol–water partition coefficient (Wildman–Crippen LogP) is 1.99. The molecule has 2 fully saturated rings. The number of ether oxygens (including phenoxy) is 1. The van der Waals surface area contributed by atoms with Gasteiger partial charge in [-0.25, -0.2) is 14.1 Å². The predicted molar refractivity (Wildman–Crippen MR) is 125 cm³/mol. The summed E-state index contributed by atoms with van der Waals surface area (Å²) in [6.45, 7) is 3.55. The lowest BCUT2D eigenvalue weighted by Crippen LogP contribution is -2.49. The highest BCUT2D eigenvalue weighted by molar-refractivity contribution is 5.91. The smallest absolute Gasteiger partial charge is 0.243 e. The van der Waals surface area contributed by atoms with E-state index in [9.17, 15) is 9.50 Å². The molecule has 4 heterocycles. The third-order valence-corrected chi connectivity index (χ3v) is 7.37. The normalized spacial score (nSPS) is 25.1. The first-order chi connectivity index (χ1) is 16.3. The van der Waals surface area contributed by atoms with Crippen molar-refractivity contribution < 1.29 is 14.2 Å². The summed E-state index contributed by atoms with van der Waals surface area (Å²) in [7, 11) is 1.41. The number of nitrogens with one attached hydrogen (secondary N) is 3. The first-order valence-electron chi connectivity index (χ1n) is 11.7. The van der Waals surface area contributed by atoms with E-state index in [4.69, 9.17) is 10.1 Å². The van der Waals surface area contributed by atoms with Crippen LogP contribution < -0.4 is 26.0 Å². The van der Waals surface area contributed by atoms with Crippen LogP contribution in [0.1, 0.15) is 32.6 Å². The van der Waals surface area contributed by atoms with Crippen molar-refractivity contribution in [2.45, 2.75) is 57.0 Å². The zero-order valence-corrected chi connectivity index (χ0v) is 19.3. The quantitative estimate of drug-likeness (QED) is 0.453. The van der Waals surface area contributed by atoms with Gasteiger partial charge < -0.3 is 20.1 Å². The molecule has 34 heavy (non-hydrogen) atoms. The van der Waals surface area contributed by atoms with Gasteiger partial charge in [-0.15, -0.1) is 0 Å². The van der Waals surface area contributed by atoms with Crippen LogP contribution in [0.4, 0.5) is 15.9 Å². The summed E-state index contributed by atoms with van der Waals surface area (Å²) in [6, 6.07) is 3.30. The van der Waals surface area contributed by atoms with E-state index in [-0.39, 0.29) is 23.5 Å². The fraction of sp³-hybridized carbons (Fsp3) is 0.522. The van der Waals surface area contributed by atoms with Gasteiger partial charge in [0.05, 0.1) is 36.7 Å². The summed E-state index contributed by atoms with van der Waals surface area (Å²) < 4.78 is 23.0. The number of hydrogen-bond donors (Lipinski definition) is 4. The van der Waals surface area contributed by atoms with E-state index in [1.807, 2.05) is 17.1 Å². The highest BCUT2D eigenvalue weighted by Crippen LogP contribution is 2.37. The van der Waals surface area contributed by atoms with E-state index < -0.39 is 11.4 Å². The molecule has 1 aromatic carbocycles. The van der Waals surface area contributed by atoms with Gasteiger partial charge in [-0.1, -0.05) is 0 Å². The zero-order chi connectivity index (χ0) is 23.6. The van der Waals surface area contributed by atoms with Crippen molar-refractivity contribution in [3.8, 4) is 5.75 Å². The van der Waals surface area contributed by atoms with Crippen molar-refractivity contribution in [1.29, 1.82) is 5.41 Å². The van der Waals surface area contributed by atoms with Crippen LogP contribution in [0.5, 0.6) is 5.75 Å². The highest BCUT2D eigenvalue weighted by atomic mass is 19.1. The summed E-state index contributed by atoms with van der Waals surface area (Å²) >= 11 is 0. The number of piperidine rings is 1. The molecule has 180 valence electrons. The van der Waals surface area contributed by atoms with E-state index >= 15 is 0 Å². The van der Waals surface area contributed by atoms with Gasteiger partial charge in [0.25, 0.3) is 0 Å². The van der Waals surface area contributed by atoms with Gasteiger partial charge in [-0.05, 0) is 38.7 Å². The van der Waals surface area contributed by atoms with Gasteiger partial charge in [0.2, 0.25) is 5.62 Å². The third-order valence-electron chi connectivity index (χ3n) is 7.37. The fourth-order valence-corrected chi connectivity index (χ4v) is 5.14. The Labute approximate surface area is 195 Å². The Balaban J connectivity index is 1.24. The monoisotopic (exact) mass is 468 g/mol. The minimum absolute atomic E-state index is 0.0477. The average molecular weight is 469 g/mol. The maximum atomic E-state index is 14.4. The summed E-state index contributed by atoms with van der Waals surface area (Å²) in [5.41, 5.74) is 4.38. The Kier molecular flexibility index (Phi) is 4.73. The van der Waals surface area contributed by atoms with Crippen molar-refractivity contribution in [3.63, 3.8) is 0 Å². The summed E-state index contributed by atoms with van der Waals surface area (Å²) in [4.78, 5) is 6.68. The molecule has 11 heteroatoms. The van der Waals surface area contributed by atoms with E-state index in [1.54, 1.807) is 4.68 Å². The third kappa shape index (κ3) is 3.54. The second-order valence-corrected chi connectivity index (χ2v) is 9.83. The summed E-state index contributed by atoms with van der Waals surface area (Å²) in [5, 5.41) is 27.2. The lowest BCUT2D eigenvalue weighted by molar-refractivity contribution is 0.125. The van der Waals surface area contributed by atoms with E-state index in [0.29, 0.717) is 29.3 Å². The average Bonchev–Trinajstić information content (AvgIpc) is 3.19. The van der Waals surface area contributed by atoms with Gasteiger partial charge in [0.15, 0.2) is 11.6 Å². The van der Waals surface area contributed by atoms with Crippen LogP contribution in [0.3, 0.4) is 0 Å². The largest absolute Gasteiger partial charge is 0.494 e. The maximum absolute atomic E-state index is 14.4. The number of aliphatic hydroxyl groups is 1. The molecule has 1 saturated heterocycles. The van der Waals surface area contributed by atoms with Gasteiger partial charge in [-0.3, -0.25) is 15.5 Å². The highest BCUT2D eigenvalue weighted by Gasteiger charge is 2.41. The molecule has 0 radical (unpaired) electrons. The number of methoxy groups -OCH3 is 1. The molecule has 0 amide bonds. The molecule has 0 bridgehead atoms. The molecule has 3 aliphatic rings. The molecule has 2 aromatic heterocycles. The van der Waals surface area contributed by atoms with Crippen LogP contribution in [-0.4, -0.2) is 56.0 Å². The molecular weight excluding hydrogens is 439 g/mol. The van der Waals surface area contributed by atoms with Crippen LogP contribution >= 0.6 is 0 Å². The van der Waals surface area contributed by atoms with Gasteiger partial charge in [-0.2, -0.15) is 5.10 Å². The number of hydrogen-bond acceptors (Lipinski definition) is 8. The summed E-state index contributed by atoms with van der Waals surface area (Å²) in [5.74, 6) is 0.521. The molecule has 3 aromatic rings. The minimum atomic E-state index is -0.589. The van der Waals surface area contributed by atoms with Crippen LogP contribution in [0, 0.1) is 17.1 Å². The molecule has 3 atom stereocenters. The van der Waals surface area contributed by atoms with E-state index in [1.165, 1.54) is 19.2 Å². The number of benzene rings is 1. The van der Waals surface area contributed by atoms with Crippen molar-refractivity contribution >= 4 is 22.4 Å². The van der Waals surface area contributed by atoms with Crippen LogP contribution in [0.15, 0.2) is 24.5 Å². The molecule has 1 saturated carbocycles. The van der Waals surface area contributed by atoms with Gasteiger partial charge in [0.1, 0.15) is 12.0 Å². The van der Waals surface area contributed by atoms with E-state index in [0.717, 1.165) is 37.9 Å². The molecular formula is C23H29FN8O2. The van der Waals surface area contributed by atoms with Crippen molar-refractivity contribution in [2.75, 3.05) is 29.3 Å². The molecule has 1 aliphatic carbocycles. The Morgan fingerprint density at radius 1 is 1.32 bits per heavy atom. The maximum Gasteiger partial charge on any atom is 0.243 e. The zero-order valence-electron chi connectivity index (χ0n) is 19.3. The Morgan fingerprint density at radius 3 is 2.91 bits per heavy atom. The van der Waals surface area contributed by atoms with Crippen LogP contribution in [0.25, 0.3) is 10.9 Å².